The summed E-state index contributed by atoms with van der Waals surface area (Å²) in [6, 6.07) is 1.06. The van der Waals surface area contributed by atoms with Crippen LogP contribution in [0.5, 0.6) is 23.0 Å². The molecule has 0 radical (unpaired) electrons. The lowest BCUT2D eigenvalue weighted by Gasteiger charge is -2.38. The number of ether oxygens (including phenoxy) is 4. The van der Waals surface area contributed by atoms with Crippen LogP contribution >= 0.6 is 0 Å². The number of hydrogen-bond acceptors (Lipinski definition) is 12. The normalized spacial score (nSPS) is 33.2. The number of phenolic OH excluding ortho intramolecular Hbond substituents is 3. The van der Waals surface area contributed by atoms with Crippen molar-refractivity contribution in [3.05, 3.63) is 53.3 Å². The van der Waals surface area contributed by atoms with Gasteiger partial charge in [0.05, 0.1) is 41.2 Å². The van der Waals surface area contributed by atoms with E-state index in [0.29, 0.717) is 0 Å². The standard InChI is InChI=1S/C37H47NO12/c1-16-11-10-12-17(2)36(46)38-23-15-24(40)26-27(32(23)44)31(43)21(6)34-28(26)35(45)37(8,50-34)48-14-13-25(47-9)18(3)33(49-22(7)39)20(5)30(42)19(4)29(16)41/h10-16,18-20,25,29-30,33,40-44H,1-9H3,(H,38,46)/b11-10-,14-13-,17-12-/t16-,18+,19-,20?,25+,29+,30-,33+,37+/m0/s1. The number of fused-ring (bicyclic) bond motifs is 14. The van der Waals surface area contributed by atoms with E-state index in [4.69, 9.17) is 18.9 Å². The van der Waals surface area contributed by atoms with Gasteiger partial charge in [0.15, 0.2) is 5.75 Å². The Labute approximate surface area is 290 Å². The van der Waals surface area contributed by atoms with Gasteiger partial charge in [-0.3, -0.25) is 14.4 Å². The van der Waals surface area contributed by atoms with Crippen LogP contribution in [-0.4, -0.2) is 80.5 Å². The second-order valence-corrected chi connectivity index (χ2v) is 13.4. The molecule has 1 amide bonds. The average Bonchev–Trinajstić information content (AvgIpc) is 3.33. The number of esters is 1. The van der Waals surface area contributed by atoms with Crippen LogP contribution < -0.4 is 10.1 Å². The van der Waals surface area contributed by atoms with Crippen molar-refractivity contribution in [1.29, 1.82) is 0 Å². The first-order valence-corrected chi connectivity index (χ1v) is 16.4. The largest absolute Gasteiger partial charge is 0.507 e. The summed E-state index contributed by atoms with van der Waals surface area (Å²) in [4.78, 5) is 39.2. The fourth-order valence-corrected chi connectivity index (χ4v) is 6.65. The number of aromatic hydroxyl groups is 3. The molecule has 0 saturated carbocycles. The fraction of sp³-hybridized carbons (Fsp3) is 0.486. The van der Waals surface area contributed by atoms with Crippen LogP contribution in [0.25, 0.3) is 10.8 Å². The number of amides is 1. The summed E-state index contributed by atoms with van der Waals surface area (Å²) >= 11 is 0. The number of phenols is 3. The molecule has 13 nitrogen and oxygen atoms in total. The Morgan fingerprint density at radius 3 is 2.22 bits per heavy atom. The van der Waals surface area contributed by atoms with E-state index in [9.17, 15) is 39.9 Å². The van der Waals surface area contributed by atoms with Gasteiger partial charge < -0.3 is 49.8 Å². The number of allylic oxidation sites excluding steroid dienone is 2. The van der Waals surface area contributed by atoms with Crippen molar-refractivity contribution in [1.82, 2.24) is 0 Å². The first kappa shape index (κ1) is 38.2. The summed E-state index contributed by atoms with van der Waals surface area (Å²) in [6.07, 6.45) is 3.62. The molecule has 5 bridgehead atoms. The van der Waals surface area contributed by atoms with E-state index in [1.54, 1.807) is 39.8 Å². The van der Waals surface area contributed by atoms with E-state index in [2.05, 4.69) is 5.32 Å². The minimum Gasteiger partial charge on any atom is -0.507 e. The van der Waals surface area contributed by atoms with Gasteiger partial charge >= 0.3 is 11.8 Å². The molecule has 6 N–H and O–H groups in total. The molecule has 9 atom stereocenters. The zero-order chi connectivity index (χ0) is 37.4. The first-order chi connectivity index (χ1) is 23.4. The van der Waals surface area contributed by atoms with Crippen LogP contribution in [0.2, 0.25) is 0 Å². The molecular weight excluding hydrogens is 650 g/mol. The van der Waals surface area contributed by atoms with E-state index in [-0.39, 0.29) is 38.9 Å². The SMILES string of the molecule is CO[C@@H]1/C=C\O[C@]2(C)Oc3c(C)c(O)c4c(O)c(cc(O)c4c3C2=O)NC(=O)/C(C)=C\C=C/[C@H](C)[C@@H](O)[C@H](C)[C@H](O)C(C)[C@H](OC(C)=O)[C@@H]1C. The summed E-state index contributed by atoms with van der Waals surface area (Å²) in [7, 11) is 1.43. The summed E-state index contributed by atoms with van der Waals surface area (Å²) in [5.74, 6) is -7.99. The van der Waals surface area contributed by atoms with Crippen molar-refractivity contribution < 1.29 is 58.9 Å². The molecule has 2 aromatic carbocycles. The maximum atomic E-state index is 13.9. The van der Waals surface area contributed by atoms with Crippen molar-refractivity contribution in [2.45, 2.75) is 85.6 Å². The quantitative estimate of drug-likeness (QED) is 0.143. The third kappa shape index (κ3) is 7.03. The zero-order valence-electron chi connectivity index (χ0n) is 29.7. The number of methoxy groups -OCH3 is 1. The molecule has 0 fully saturated rings. The Hall–Kier alpha value is -4.59. The molecule has 5 rings (SSSR count). The topological polar surface area (TPSA) is 201 Å². The Morgan fingerprint density at radius 2 is 1.60 bits per heavy atom. The molecule has 50 heavy (non-hydrogen) atoms. The Morgan fingerprint density at radius 1 is 0.940 bits per heavy atom. The molecule has 0 aliphatic carbocycles. The summed E-state index contributed by atoms with van der Waals surface area (Å²) < 4.78 is 23.2. The summed E-state index contributed by atoms with van der Waals surface area (Å²) in [6.45, 7) is 12.5. The Bertz CT molecular complexity index is 1760. The van der Waals surface area contributed by atoms with Crippen molar-refractivity contribution in [3.8, 4) is 23.0 Å². The number of anilines is 1. The number of aliphatic hydroxyl groups is 2. The molecule has 0 aromatic heterocycles. The van der Waals surface area contributed by atoms with Gasteiger partial charge in [0, 0.05) is 67.2 Å². The molecule has 13 heteroatoms. The Balaban J connectivity index is 1.87. The highest BCUT2D eigenvalue weighted by molar-refractivity contribution is 6.21. The molecule has 3 aliphatic heterocycles. The van der Waals surface area contributed by atoms with Gasteiger partial charge in [0.1, 0.15) is 23.4 Å². The minimum absolute atomic E-state index is 0.0709. The summed E-state index contributed by atoms with van der Waals surface area (Å²) in [5, 5.41) is 58.2. The molecule has 3 aliphatic rings. The summed E-state index contributed by atoms with van der Waals surface area (Å²) in [5.41, 5.74) is -0.0929. The van der Waals surface area contributed by atoms with Crippen LogP contribution in [0.4, 0.5) is 5.69 Å². The van der Waals surface area contributed by atoms with Crippen molar-refractivity contribution >= 4 is 34.1 Å². The van der Waals surface area contributed by atoms with Crippen LogP contribution in [0, 0.1) is 30.6 Å². The van der Waals surface area contributed by atoms with Crippen molar-refractivity contribution in [2.24, 2.45) is 23.7 Å². The number of ketones is 1. The van der Waals surface area contributed by atoms with Gasteiger partial charge in [0.2, 0.25) is 0 Å². The highest BCUT2D eigenvalue weighted by Gasteiger charge is 2.49. The van der Waals surface area contributed by atoms with E-state index < -0.39 is 88.8 Å². The number of hydrogen-bond donors (Lipinski definition) is 6. The molecule has 272 valence electrons. The predicted molar refractivity (Wildman–Crippen MR) is 184 cm³/mol. The Kier molecular flexibility index (Phi) is 11.2. The second kappa shape index (κ2) is 14.7. The second-order valence-electron chi connectivity index (χ2n) is 13.4. The van der Waals surface area contributed by atoms with Crippen molar-refractivity contribution in [2.75, 3.05) is 12.4 Å². The first-order valence-electron chi connectivity index (χ1n) is 16.4. The number of carbonyl (C=O) groups excluding carboxylic acids is 3. The van der Waals surface area contributed by atoms with Gasteiger partial charge in [-0.05, 0) is 19.9 Å². The van der Waals surface area contributed by atoms with E-state index >= 15 is 0 Å². The van der Waals surface area contributed by atoms with Crippen LogP contribution in [0.3, 0.4) is 0 Å². The average molecular weight is 698 g/mol. The molecule has 3 heterocycles. The molecule has 0 spiro atoms. The third-order valence-corrected chi connectivity index (χ3v) is 9.84. The van der Waals surface area contributed by atoms with Crippen LogP contribution in [0.1, 0.15) is 64.4 Å². The van der Waals surface area contributed by atoms with Crippen molar-refractivity contribution in [3.63, 3.8) is 0 Å². The number of aliphatic hydroxyl groups excluding tert-OH is 2. The number of benzene rings is 2. The lowest BCUT2D eigenvalue weighted by Crippen LogP contribution is -2.46. The third-order valence-electron chi connectivity index (χ3n) is 9.84. The fourth-order valence-electron chi connectivity index (χ4n) is 6.65. The predicted octanol–water partition coefficient (Wildman–Crippen LogP) is 4.75. The highest BCUT2D eigenvalue weighted by atomic mass is 16.7. The van der Waals surface area contributed by atoms with E-state index in [0.717, 1.165) is 6.07 Å². The van der Waals surface area contributed by atoms with Crippen LogP contribution in [-0.2, 0) is 23.8 Å². The van der Waals surface area contributed by atoms with Crippen LogP contribution in [0.15, 0.2) is 42.2 Å². The van der Waals surface area contributed by atoms with E-state index in [1.165, 1.54) is 53.2 Å². The van der Waals surface area contributed by atoms with E-state index in [1.807, 2.05) is 0 Å². The van der Waals surface area contributed by atoms with Gasteiger partial charge in [0.25, 0.3) is 11.7 Å². The van der Waals surface area contributed by atoms with Gasteiger partial charge in [-0.15, -0.1) is 0 Å². The van der Waals surface area contributed by atoms with Gasteiger partial charge in [-0.1, -0.05) is 45.9 Å². The molecule has 1 unspecified atom stereocenters. The minimum atomic E-state index is -1.98. The number of nitrogens with one attached hydrogen (secondary N) is 1. The van der Waals surface area contributed by atoms with Gasteiger partial charge in [-0.2, -0.15) is 0 Å². The number of rotatable bonds is 2. The zero-order valence-corrected chi connectivity index (χ0v) is 29.7. The monoisotopic (exact) mass is 697 g/mol. The smallest absolute Gasteiger partial charge is 0.312 e. The molecular formula is C37H47NO12. The number of carbonyl (C=O) groups is 3. The highest BCUT2D eigenvalue weighted by Crippen LogP contribution is 2.53. The maximum absolute atomic E-state index is 13.9. The lowest BCUT2D eigenvalue weighted by molar-refractivity contribution is -0.160. The van der Waals surface area contributed by atoms with Gasteiger partial charge in [-0.25, -0.2) is 0 Å². The molecule has 0 saturated heterocycles. The maximum Gasteiger partial charge on any atom is 0.312 e. The number of Topliss-reactive ketones (excluding diaryl/α,β-unsaturated/α-hetero) is 1. The lowest BCUT2D eigenvalue weighted by atomic mass is 9.78. The molecule has 2 aromatic rings.